The van der Waals surface area contributed by atoms with Crippen LogP contribution in [-0.2, 0) is 0 Å². The molecule has 0 bridgehead atoms. The van der Waals surface area contributed by atoms with E-state index in [4.69, 9.17) is 28.9 Å². The standard InChI is InChI=1S/C14H10Cl2N5.ClH/c15-11-12(16)19-14(20-13(11)17)21-7-3-10(4-8-21)9-1-5-18-6-2-9;/h1-8H,(H2,17,19,20);1H/q+1;/p-1. The summed E-state index contributed by atoms with van der Waals surface area (Å²) in [5, 5.41) is 0.291. The van der Waals surface area contributed by atoms with Gasteiger partial charge in [-0.25, -0.2) is 4.57 Å². The molecule has 0 saturated carbocycles. The van der Waals surface area contributed by atoms with E-state index in [-0.39, 0.29) is 28.4 Å². The molecule has 3 aromatic rings. The summed E-state index contributed by atoms with van der Waals surface area (Å²) in [5.41, 5.74) is 7.82. The fourth-order valence-electron chi connectivity index (χ4n) is 1.84. The normalized spacial score (nSPS) is 10.1. The van der Waals surface area contributed by atoms with Crippen LogP contribution in [0.4, 0.5) is 5.82 Å². The van der Waals surface area contributed by atoms with Crippen LogP contribution < -0.4 is 22.7 Å². The van der Waals surface area contributed by atoms with Crippen molar-refractivity contribution in [3.8, 4) is 17.1 Å². The Morgan fingerprint density at radius 1 is 0.909 bits per heavy atom. The van der Waals surface area contributed by atoms with E-state index in [1.54, 1.807) is 17.0 Å². The zero-order valence-corrected chi connectivity index (χ0v) is 13.4. The minimum absolute atomic E-state index is 0. The van der Waals surface area contributed by atoms with Crippen LogP contribution in [0.1, 0.15) is 0 Å². The van der Waals surface area contributed by atoms with Crippen molar-refractivity contribution in [3.63, 3.8) is 0 Å². The summed E-state index contributed by atoms with van der Waals surface area (Å²) in [6, 6.07) is 7.76. The first-order valence-corrected chi connectivity index (χ1v) is 6.81. The van der Waals surface area contributed by atoms with Gasteiger partial charge in [0.1, 0.15) is 0 Å². The van der Waals surface area contributed by atoms with Gasteiger partial charge in [-0.3, -0.25) is 4.98 Å². The van der Waals surface area contributed by atoms with Crippen molar-refractivity contribution in [1.82, 2.24) is 15.0 Å². The van der Waals surface area contributed by atoms with Gasteiger partial charge in [-0.2, -0.15) is 0 Å². The van der Waals surface area contributed by atoms with Gasteiger partial charge in [0, 0.05) is 12.4 Å². The van der Waals surface area contributed by atoms with Crippen LogP contribution in [0.5, 0.6) is 0 Å². The predicted octanol–water partition coefficient (Wildman–Crippen LogP) is -0.292. The highest BCUT2D eigenvalue weighted by molar-refractivity contribution is 6.42. The number of hydrogen-bond acceptors (Lipinski definition) is 4. The lowest BCUT2D eigenvalue weighted by Crippen LogP contribution is -3.00. The van der Waals surface area contributed by atoms with E-state index in [0.29, 0.717) is 5.95 Å². The van der Waals surface area contributed by atoms with Crippen molar-refractivity contribution in [2.75, 3.05) is 5.73 Å². The first kappa shape index (κ1) is 16.4. The van der Waals surface area contributed by atoms with Crippen molar-refractivity contribution in [2.45, 2.75) is 0 Å². The maximum atomic E-state index is 5.91. The highest BCUT2D eigenvalue weighted by Crippen LogP contribution is 2.24. The summed E-state index contributed by atoms with van der Waals surface area (Å²) >= 11 is 11.8. The van der Waals surface area contributed by atoms with Crippen LogP contribution in [0.2, 0.25) is 10.2 Å². The number of hydrogen-bond donors (Lipinski definition) is 1. The maximum absolute atomic E-state index is 5.91. The summed E-state index contributed by atoms with van der Waals surface area (Å²) in [6.07, 6.45) is 7.15. The Morgan fingerprint density at radius 3 is 2.09 bits per heavy atom. The molecule has 0 fully saturated rings. The summed E-state index contributed by atoms with van der Waals surface area (Å²) in [6.45, 7) is 0. The maximum Gasteiger partial charge on any atom is 0.440 e. The summed E-state index contributed by atoms with van der Waals surface area (Å²) in [5.74, 6) is 0.514. The second kappa shape index (κ2) is 6.87. The van der Waals surface area contributed by atoms with Crippen molar-refractivity contribution in [3.05, 3.63) is 59.2 Å². The number of rotatable bonds is 2. The molecular weight excluding hydrogens is 345 g/mol. The topological polar surface area (TPSA) is 68.6 Å². The minimum atomic E-state index is 0. The molecule has 0 unspecified atom stereocenters. The SMILES string of the molecule is Nc1nc(-[n+]2ccc(-c3ccncc3)cc2)nc(Cl)c1Cl.[Cl-]. The molecule has 2 N–H and O–H groups in total. The van der Waals surface area contributed by atoms with Crippen molar-refractivity contribution in [2.24, 2.45) is 0 Å². The molecule has 0 aliphatic carbocycles. The molecule has 0 aromatic carbocycles. The molecule has 0 saturated heterocycles. The molecule has 3 aromatic heterocycles. The third kappa shape index (κ3) is 3.27. The summed E-state index contributed by atoms with van der Waals surface area (Å²) in [7, 11) is 0. The van der Waals surface area contributed by atoms with Gasteiger partial charge in [0.25, 0.3) is 0 Å². The Morgan fingerprint density at radius 2 is 1.50 bits per heavy atom. The van der Waals surface area contributed by atoms with E-state index < -0.39 is 0 Å². The van der Waals surface area contributed by atoms with E-state index >= 15 is 0 Å². The number of nitrogen functional groups attached to an aromatic ring is 1. The van der Waals surface area contributed by atoms with E-state index in [9.17, 15) is 0 Å². The molecular formula is C14H10Cl3N5. The lowest BCUT2D eigenvalue weighted by Gasteiger charge is -2.02. The molecule has 0 aliphatic rings. The second-order valence-electron chi connectivity index (χ2n) is 4.24. The smallest absolute Gasteiger partial charge is 0.440 e. The molecule has 3 rings (SSSR count). The summed E-state index contributed by atoms with van der Waals surface area (Å²) < 4.78 is 1.71. The first-order chi connectivity index (χ1) is 10.1. The second-order valence-corrected chi connectivity index (χ2v) is 4.98. The molecule has 8 heteroatoms. The Hall–Kier alpha value is -1.95. The number of pyridine rings is 2. The third-order valence-electron chi connectivity index (χ3n) is 2.90. The Kier molecular flexibility index (Phi) is 5.13. The molecule has 5 nitrogen and oxygen atoms in total. The average molecular weight is 355 g/mol. The number of aromatic nitrogens is 4. The Bertz CT molecular complexity index is 755. The van der Waals surface area contributed by atoms with E-state index in [1.807, 2.05) is 36.7 Å². The largest absolute Gasteiger partial charge is 1.00 e. The van der Waals surface area contributed by atoms with E-state index in [1.165, 1.54) is 0 Å². The summed E-state index contributed by atoms with van der Waals surface area (Å²) in [4.78, 5) is 12.2. The van der Waals surface area contributed by atoms with Crippen LogP contribution in [0.25, 0.3) is 17.1 Å². The van der Waals surface area contributed by atoms with Crippen molar-refractivity contribution in [1.29, 1.82) is 0 Å². The molecule has 22 heavy (non-hydrogen) atoms. The van der Waals surface area contributed by atoms with Gasteiger partial charge in [-0.05, 0) is 52.0 Å². The third-order valence-corrected chi connectivity index (χ3v) is 3.64. The van der Waals surface area contributed by atoms with Crippen LogP contribution in [0.15, 0.2) is 49.1 Å². The van der Waals surface area contributed by atoms with E-state index in [0.717, 1.165) is 11.1 Å². The fraction of sp³-hybridized carbons (Fsp3) is 0. The molecule has 0 spiro atoms. The van der Waals surface area contributed by atoms with Crippen LogP contribution in [-0.4, -0.2) is 15.0 Å². The van der Waals surface area contributed by atoms with Gasteiger partial charge >= 0.3 is 5.95 Å². The number of anilines is 1. The van der Waals surface area contributed by atoms with Gasteiger partial charge in [-0.15, -0.1) is 0 Å². The van der Waals surface area contributed by atoms with Gasteiger partial charge in [0.05, 0.1) is 12.4 Å². The van der Waals surface area contributed by atoms with Crippen LogP contribution >= 0.6 is 23.2 Å². The zero-order chi connectivity index (χ0) is 14.8. The van der Waals surface area contributed by atoms with Gasteiger partial charge < -0.3 is 18.1 Å². The first-order valence-electron chi connectivity index (χ1n) is 6.06. The monoisotopic (exact) mass is 353 g/mol. The number of halogens is 3. The van der Waals surface area contributed by atoms with Crippen molar-refractivity contribution < 1.29 is 17.0 Å². The Balaban J connectivity index is 0.00000176. The molecule has 0 radical (unpaired) electrons. The Labute approximate surface area is 143 Å². The molecule has 0 atom stereocenters. The molecule has 0 amide bonds. The predicted molar refractivity (Wildman–Crippen MR) is 81.2 cm³/mol. The molecule has 3 heterocycles. The lowest BCUT2D eigenvalue weighted by atomic mass is 10.1. The van der Waals surface area contributed by atoms with E-state index in [2.05, 4.69) is 15.0 Å². The quantitative estimate of drug-likeness (QED) is 0.507. The molecule has 112 valence electrons. The van der Waals surface area contributed by atoms with Gasteiger partial charge in [0.2, 0.25) is 11.0 Å². The molecule has 0 aliphatic heterocycles. The highest BCUT2D eigenvalue weighted by atomic mass is 35.5. The zero-order valence-electron chi connectivity index (χ0n) is 11.1. The lowest BCUT2D eigenvalue weighted by molar-refractivity contribution is -0.603. The average Bonchev–Trinajstić information content (AvgIpc) is 2.53. The minimum Gasteiger partial charge on any atom is -1.00 e. The fourth-order valence-corrected chi connectivity index (χ4v) is 2.09. The van der Waals surface area contributed by atoms with Gasteiger partial charge in [0.15, 0.2) is 5.02 Å². The number of nitrogens with zero attached hydrogens (tertiary/aromatic N) is 4. The van der Waals surface area contributed by atoms with Crippen LogP contribution in [0, 0.1) is 0 Å². The van der Waals surface area contributed by atoms with Crippen molar-refractivity contribution >= 4 is 29.0 Å². The van der Waals surface area contributed by atoms with Crippen LogP contribution in [0.3, 0.4) is 0 Å². The number of nitrogens with two attached hydrogens (primary N) is 1. The van der Waals surface area contributed by atoms with Gasteiger partial charge in [-0.1, -0.05) is 16.6 Å². The highest BCUT2D eigenvalue weighted by Gasteiger charge is 2.18.